The Hall–Kier alpha value is -0.140. The van der Waals surface area contributed by atoms with Gasteiger partial charge in [0.15, 0.2) is 0 Å². The Morgan fingerprint density at radius 1 is 1.27 bits per heavy atom. The first kappa shape index (κ1) is 7.51. The summed E-state index contributed by atoms with van der Waals surface area (Å²) in [4.78, 5) is 0. The summed E-state index contributed by atoms with van der Waals surface area (Å²) in [7, 11) is 0. The molecule has 0 spiro atoms. The molecule has 0 aromatic rings. The van der Waals surface area contributed by atoms with Crippen LogP contribution in [0.4, 0.5) is 8.78 Å². The lowest BCUT2D eigenvalue weighted by atomic mass is 9.89. The van der Waals surface area contributed by atoms with Crippen molar-refractivity contribution in [2.45, 2.75) is 39.0 Å². The van der Waals surface area contributed by atoms with Gasteiger partial charge < -0.3 is 0 Å². The van der Waals surface area contributed by atoms with Crippen LogP contribution in [0.15, 0.2) is 0 Å². The zero-order chi connectivity index (χ0) is 8.28. The molecular weight excluding hydrogens is 146 g/mol. The highest BCUT2D eigenvalue weighted by Gasteiger charge is 2.67. The Kier molecular flexibility index (Phi) is 1.21. The van der Waals surface area contributed by atoms with E-state index in [9.17, 15) is 8.78 Å². The van der Waals surface area contributed by atoms with Gasteiger partial charge in [-0.25, -0.2) is 8.78 Å². The van der Waals surface area contributed by atoms with Gasteiger partial charge in [-0.1, -0.05) is 13.8 Å². The second-order valence-corrected chi connectivity index (χ2v) is 4.53. The Balaban J connectivity index is 2.13. The van der Waals surface area contributed by atoms with Crippen molar-refractivity contribution < 1.29 is 8.78 Å². The molecule has 0 N–H and O–H groups in total. The van der Waals surface area contributed by atoms with Crippen LogP contribution >= 0.6 is 0 Å². The predicted octanol–water partition coefficient (Wildman–Crippen LogP) is 3.08. The van der Waals surface area contributed by atoms with E-state index >= 15 is 0 Å². The van der Waals surface area contributed by atoms with Gasteiger partial charge in [0.05, 0.1) is 0 Å². The highest BCUT2D eigenvalue weighted by Crippen LogP contribution is 2.71. The molecule has 0 heterocycles. The maximum Gasteiger partial charge on any atom is 0.249 e. The van der Waals surface area contributed by atoms with E-state index in [1.807, 2.05) is 0 Å². The maximum absolute atomic E-state index is 12.8. The molecule has 64 valence electrons. The van der Waals surface area contributed by atoms with Crippen molar-refractivity contribution in [2.75, 3.05) is 0 Å². The van der Waals surface area contributed by atoms with E-state index in [1.165, 1.54) is 0 Å². The molecule has 0 nitrogen and oxygen atoms in total. The smallest absolute Gasteiger partial charge is 0.207 e. The van der Waals surface area contributed by atoms with E-state index in [1.54, 1.807) is 0 Å². The van der Waals surface area contributed by atoms with Crippen molar-refractivity contribution in [1.29, 1.82) is 0 Å². The molecule has 0 aliphatic heterocycles. The van der Waals surface area contributed by atoms with Crippen LogP contribution in [-0.4, -0.2) is 5.92 Å². The number of rotatable bonds is 1. The van der Waals surface area contributed by atoms with Crippen LogP contribution in [0.3, 0.4) is 0 Å². The molecule has 2 heteroatoms. The fourth-order valence-electron chi connectivity index (χ4n) is 2.72. The van der Waals surface area contributed by atoms with Crippen molar-refractivity contribution >= 4 is 0 Å². The third kappa shape index (κ3) is 0.911. The minimum atomic E-state index is -2.34. The molecule has 0 aromatic carbocycles. The quantitative estimate of drug-likeness (QED) is 0.553. The number of fused-ring (bicyclic) bond motifs is 1. The van der Waals surface area contributed by atoms with E-state index in [4.69, 9.17) is 0 Å². The minimum absolute atomic E-state index is 0.0451. The summed E-state index contributed by atoms with van der Waals surface area (Å²) in [5, 5.41) is 0. The topological polar surface area (TPSA) is 0 Å². The molecule has 0 saturated heterocycles. The average molecular weight is 160 g/mol. The lowest BCUT2D eigenvalue weighted by Gasteiger charge is -2.19. The first-order valence-corrected chi connectivity index (χ1v) is 4.34. The number of alkyl halides is 2. The van der Waals surface area contributed by atoms with Crippen LogP contribution < -0.4 is 0 Å². The van der Waals surface area contributed by atoms with Gasteiger partial charge in [0.2, 0.25) is 5.92 Å². The van der Waals surface area contributed by atoms with Gasteiger partial charge in [-0.2, -0.15) is 0 Å². The average Bonchev–Trinajstić information content (AvgIpc) is 2.35. The maximum atomic E-state index is 12.8. The fourth-order valence-corrected chi connectivity index (χ4v) is 2.72. The van der Waals surface area contributed by atoms with Gasteiger partial charge in [-0.3, -0.25) is 0 Å². The van der Waals surface area contributed by atoms with Gasteiger partial charge in [-0.05, 0) is 23.7 Å². The number of halogens is 2. The molecule has 2 unspecified atom stereocenters. The van der Waals surface area contributed by atoms with Crippen molar-refractivity contribution in [1.82, 2.24) is 0 Å². The van der Waals surface area contributed by atoms with E-state index in [2.05, 4.69) is 13.8 Å². The van der Waals surface area contributed by atoms with Crippen LogP contribution in [-0.2, 0) is 0 Å². The van der Waals surface area contributed by atoms with Gasteiger partial charge >= 0.3 is 0 Å². The second-order valence-electron chi connectivity index (χ2n) is 4.53. The monoisotopic (exact) mass is 160 g/mol. The summed E-state index contributed by atoms with van der Waals surface area (Å²) >= 11 is 0. The molecule has 0 aromatic heterocycles. The summed E-state index contributed by atoms with van der Waals surface area (Å²) in [6.45, 7) is 4.14. The van der Waals surface area contributed by atoms with Crippen LogP contribution in [0, 0.1) is 17.3 Å². The molecule has 2 rings (SSSR count). The van der Waals surface area contributed by atoms with E-state index < -0.39 is 5.92 Å². The highest BCUT2D eigenvalue weighted by molar-refractivity contribution is 5.13. The highest BCUT2D eigenvalue weighted by atomic mass is 19.3. The predicted molar refractivity (Wildman–Crippen MR) is 39.6 cm³/mol. The van der Waals surface area contributed by atoms with Crippen molar-refractivity contribution in [3.05, 3.63) is 0 Å². The van der Waals surface area contributed by atoms with Crippen LogP contribution in [0.2, 0.25) is 0 Å². The van der Waals surface area contributed by atoms with E-state index in [0.717, 1.165) is 6.42 Å². The largest absolute Gasteiger partial charge is 0.249 e. The van der Waals surface area contributed by atoms with E-state index in [0.29, 0.717) is 11.8 Å². The van der Waals surface area contributed by atoms with E-state index in [-0.39, 0.29) is 18.3 Å². The SMILES string of the molecule is CC(C)C12CC1CC(F)(F)C2. The summed E-state index contributed by atoms with van der Waals surface area (Å²) < 4.78 is 25.7. The fraction of sp³-hybridized carbons (Fsp3) is 1.00. The first-order chi connectivity index (χ1) is 4.96. The van der Waals surface area contributed by atoms with Gasteiger partial charge in [0.25, 0.3) is 0 Å². The van der Waals surface area contributed by atoms with Crippen molar-refractivity contribution in [3.63, 3.8) is 0 Å². The summed E-state index contributed by atoms with van der Waals surface area (Å²) in [6.07, 6.45) is 1.37. The Morgan fingerprint density at radius 3 is 2.18 bits per heavy atom. The van der Waals surface area contributed by atoms with Gasteiger partial charge in [0.1, 0.15) is 0 Å². The molecule has 2 atom stereocenters. The molecule has 11 heavy (non-hydrogen) atoms. The molecule has 2 saturated carbocycles. The van der Waals surface area contributed by atoms with Crippen LogP contribution in [0.25, 0.3) is 0 Å². The molecule has 2 aliphatic rings. The lowest BCUT2D eigenvalue weighted by Crippen LogP contribution is -2.17. The number of hydrogen-bond donors (Lipinski definition) is 0. The molecular formula is C9H14F2. The zero-order valence-electron chi connectivity index (χ0n) is 7.03. The van der Waals surface area contributed by atoms with Gasteiger partial charge in [-0.15, -0.1) is 0 Å². The molecule has 0 radical (unpaired) electrons. The second kappa shape index (κ2) is 1.78. The first-order valence-electron chi connectivity index (χ1n) is 4.34. The zero-order valence-corrected chi connectivity index (χ0v) is 7.03. The third-order valence-electron chi connectivity index (χ3n) is 3.56. The standard InChI is InChI=1S/C9H14F2/c1-6(2)8-3-7(8)4-9(10,11)5-8/h6-7H,3-5H2,1-2H3. The Morgan fingerprint density at radius 2 is 1.91 bits per heavy atom. The third-order valence-corrected chi connectivity index (χ3v) is 3.56. The summed E-state index contributed by atoms with van der Waals surface area (Å²) in [5.74, 6) is -1.55. The summed E-state index contributed by atoms with van der Waals surface area (Å²) in [5.41, 5.74) is 0.0451. The van der Waals surface area contributed by atoms with Crippen LogP contribution in [0.1, 0.15) is 33.1 Å². The lowest BCUT2D eigenvalue weighted by molar-refractivity contribution is -0.0138. The molecule has 2 fully saturated rings. The molecule has 2 aliphatic carbocycles. The van der Waals surface area contributed by atoms with Crippen molar-refractivity contribution in [2.24, 2.45) is 17.3 Å². The van der Waals surface area contributed by atoms with Crippen molar-refractivity contribution in [3.8, 4) is 0 Å². The van der Waals surface area contributed by atoms with Crippen LogP contribution in [0.5, 0.6) is 0 Å². The Labute approximate surface area is 66.0 Å². The summed E-state index contributed by atoms with van der Waals surface area (Å²) in [6, 6.07) is 0. The normalized spacial score (nSPS) is 46.1. The van der Waals surface area contributed by atoms with Gasteiger partial charge in [0, 0.05) is 12.8 Å². The minimum Gasteiger partial charge on any atom is -0.207 e. The Bertz CT molecular complexity index is 186. The molecule has 0 bridgehead atoms. The molecule has 0 amide bonds. The number of hydrogen-bond acceptors (Lipinski definition) is 0.